The third-order valence-electron chi connectivity index (χ3n) is 5.73. The van der Waals surface area contributed by atoms with Gasteiger partial charge in [-0.1, -0.05) is 36.4 Å². The molecule has 2 aromatic rings. The van der Waals surface area contributed by atoms with Crippen molar-refractivity contribution in [2.45, 2.75) is 49.5 Å². The van der Waals surface area contributed by atoms with E-state index >= 15 is 0 Å². The topological polar surface area (TPSA) is 91.4 Å². The Kier molecular flexibility index (Phi) is 6.58. The molecule has 1 aliphatic heterocycles. The van der Waals surface area contributed by atoms with Crippen LogP contribution in [0.5, 0.6) is 0 Å². The van der Waals surface area contributed by atoms with Crippen molar-refractivity contribution in [3.8, 4) is 0 Å². The minimum Gasteiger partial charge on any atom is -0.374 e. The van der Waals surface area contributed by atoms with Crippen molar-refractivity contribution in [2.75, 3.05) is 4.90 Å². The minimum atomic E-state index is -5.96. The quantitative estimate of drug-likeness (QED) is 0.364. The van der Waals surface area contributed by atoms with Gasteiger partial charge in [-0.05, 0) is 35.6 Å². The Bertz CT molecular complexity index is 998. The molecule has 5 nitrogen and oxygen atoms in total. The highest BCUT2D eigenvalue weighted by atomic mass is 19.4. The fourth-order valence-corrected chi connectivity index (χ4v) is 3.86. The van der Waals surface area contributed by atoms with Crippen LogP contribution in [0.1, 0.15) is 34.6 Å². The summed E-state index contributed by atoms with van der Waals surface area (Å²) in [5.41, 5.74) is -3.81. The Morgan fingerprint density at radius 1 is 0.970 bits per heavy atom. The summed E-state index contributed by atoms with van der Waals surface area (Å²) in [6, 6.07) is 8.46. The van der Waals surface area contributed by atoms with Crippen molar-refractivity contribution in [3.05, 3.63) is 64.7 Å². The molecule has 0 aromatic heterocycles. The molecule has 0 amide bonds. The summed E-state index contributed by atoms with van der Waals surface area (Å²) in [6.07, 6.45) is -9.74. The normalized spacial score (nSPS) is 17.9. The summed E-state index contributed by atoms with van der Waals surface area (Å²) >= 11 is 0. The molecule has 0 fully saturated rings. The fraction of sp³-hybridized carbons (Fsp3) is 0.364. The number of rotatable bonds is 6. The predicted octanol–water partition coefficient (Wildman–Crippen LogP) is 4.65. The molecular weight excluding hydrogens is 452 g/mol. The molecule has 1 aliphatic rings. The standard InChI is InChI=1S/C22H21F6N3O2/c23-21(24,25)20(33,22(26,27)28)17-5-1-13(2-6-17)12-31-18-7-3-14(16(10-29)11-30)9-15(18)4-8-19(31)32/h1-3,5-7,9-11,16,19,29-30,32-33H,4,8,12H2. The molecule has 3 rings (SSSR count). The molecule has 0 spiro atoms. The van der Waals surface area contributed by atoms with Crippen molar-refractivity contribution in [3.63, 3.8) is 0 Å². The van der Waals surface area contributed by atoms with E-state index in [9.17, 15) is 36.6 Å². The molecule has 11 heteroatoms. The van der Waals surface area contributed by atoms with E-state index in [1.54, 1.807) is 17.0 Å². The maximum Gasteiger partial charge on any atom is 0.430 e. The van der Waals surface area contributed by atoms with Gasteiger partial charge in [-0.25, -0.2) is 0 Å². The van der Waals surface area contributed by atoms with Crippen LogP contribution in [0.15, 0.2) is 42.5 Å². The number of aliphatic hydroxyl groups is 2. The van der Waals surface area contributed by atoms with Crippen LogP contribution < -0.4 is 4.90 Å². The molecule has 0 aliphatic carbocycles. The Balaban J connectivity index is 1.90. The van der Waals surface area contributed by atoms with E-state index < -0.39 is 35.7 Å². The van der Waals surface area contributed by atoms with Crippen LogP contribution in [-0.4, -0.2) is 41.2 Å². The van der Waals surface area contributed by atoms with Gasteiger partial charge in [-0.15, -0.1) is 0 Å². The number of hydrogen-bond acceptors (Lipinski definition) is 5. The lowest BCUT2D eigenvalue weighted by molar-refractivity contribution is -0.376. The molecule has 1 unspecified atom stereocenters. The monoisotopic (exact) mass is 473 g/mol. The van der Waals surface area contributed by atoms with Gasteiger partial charge < -0.3 is 25.9 Å². The lowest BCUT2D eigenvalue weighted by Gasteiger charge is -2.36. The zero-order valence-electron chi connectivity index (χ0n) is 17.1. The number of hydrogen-bond donors (Lipinski definition) is 4. The Labute approximate surface area is 185 Å². The number of halogens is 6. The van der Waals surface area contributed by atoms with Gasteiger partial charge in [0.15, 0.2) is 0 Å². The first-order chi connectivity index (χ1) is 15.3. The lowest BCUT2D eigenvalue weighted by atomic mass is 9.91. The minimum absolute atomic E-state index is 0.00280. The molecule has 33 heavy (non-hydrogen) atoms. The Morgan fingerprint density at radius 3 is 2.06 bits per heavy atom. The van der Waals surface area contributed by atoms with Crippen LogP contribution in [0.4, 0.5) is 32.0 Å². The molecule has 0 saturated carbocycles. The number of alkyl halides is 6. The third-order valence-corrected chi connectivity index (χ3v) is 5.73. The zero-order valence-corrected chi connectivity index (χ0v) is 17.1. The van der Waals surface area contributed by atoms with Crippen LogP contribution >= 0.6 is 0 Å². The maximum atomic E-state index is 13.1. The van der Waals surface area contributed by atoms with E-state index in [4.69, 9.17) is 10.8 Å². The number of nitrogens with zero attached hydrogens (tertiary/aromatic N) is 1. The number of nitrogens with one attached hydrogen (secondary N) is 2. The Morgan fingerprint density at radius 2 is 1.55 bits per heavy atom. The van der Waals surface area contributed by atoms with Crippen LogP contribution in [0.25, 0.3) is 0 Å². The van der Waals surface area contributed by atoms with Gasteiger partial charge in [-0.3, -0.25) is 0 Å². The summed E-state index contributed by atoms with van der Waals surface area (Å²) in [5.74, 6) is -0.496. The summed E-state index contributed by atoms with van der Waals surface area (Å²) in [4.78, 5) is 1.57. The van der Waals surface area contributed by atoms with E-state index in [0.717, 1.165) is 35.7 Å². The summed E-state index contributed by atoms with van der Waals surface area (Å²) < 4.78 is 78.5. The number of fused-ring (bicyclic) bond motifs is 1. The van der Waals surface area contributed by atoms with Gasteiger partial charge in [0, 0.05) is 30.2 Å². The van der Waals surface area contributed by atoms with Crippen LogP contribution in [0, 0.1) is 10.8 Å². The summed E-state index contributed by atoms with van der Waals surface area (Å²) in [6.45, 7) is 0.00280. The second-order valence-corrected chi connectivity index (χ2v) is 7.80. The largest absolute Gasteiger partial charge is 0.430 e. The number of benzene rings is 2. The van der Waals surface area contributed by atoms with Crippen LogP contribution in [-0.2, 0) is 18.6 Å². The fourth-order valence-electron chi connectivity index (χ4n) is 3.86. The van der Waals surface area contributed by atoms with E-state index in [2.05, 4.69) is 0 Å². The summed E-state index contributed by atoms with van der Waals surface area (Å²) in [7, 11) is 0. The average molecular weight is 473 g/mol. The predicted molar refractivity (Wildman–Crippen MR) is 110 cm³/mol. The molecule has 0 saturated heterocycles. The summed E-state index contributed by atoms with van der Waals surface area (Å²) in [5, 5.41) is 34.8. The van der Waals surface area contributed by atoms with Crippen LogP contribution in [0.3, 0.4) is 0 Å². The van der Waals surface area contributed by atoms with Crippen LogP contribution in [0.2, 0.25) is 0 Å². The number of aliphatic hydroxyl groups excluding tert-OH is 1. The molecule has 0 bridgehead atoms. The molecule has 4 N–H and O–H groups in total. The van der Waals surface area contributed by atoms with Crippen molar-refractivity contribution in [1.29, 1.82) is 10.8 Å². The zero-order chi connectivity index (χ0) is 24.6. The second kappa shape index (κ2) is 8.79. The first-order valence-electron chi connectivity index (χ1n) is 9.87. The first-order valence-corrected chi connectivity index (χ1v) is 9.87. The number of aryl methyl sites for hydroxylation is 1. The van der Waals surface area contributed by atoms with Gasteiger partial charge in [0.05, 0.1) is 5.92 Å². The highest BCUT2D eigenvalue weighted by Crippen LogP contribution is 2.50. The highest BCUT2D eigenvalue weighted by Gasteiger charge is 2.71. The van der Waals surface area contributed by atoms with Crippen molar-refractivity contribution in [1.82, 2.24) is 0 Å². The molecule has 1 heterocycles. The van der Waals surface area contributed by atoms with E-state index in [1.807, 2.05) is 6.07 Å². The average Bonchev–Trinajstić information content (AvgIpc) is 2.75. The van der Waals surface area contributed by atoms with Crippen molar-refractivity contribution < 1.29 is 36.6 Å². The lowest BCUT2D eigenvalue weighted by Crippen LogP contribution is -2.53. The molecule has 178 valence electrons. The SMILES string of the molecule is N=CC(C=N)c1ccc2c(c1)CCC(O)N2Cc1ccc(C(O)(C(F)(F)F)C(F)(F)F)cc1. The van der Waals surface area contributed by atoms with Crippen molar-refractivity contribution in [2.24, 2.45) is 0 Å². The Hall–Kier alpha value is -2.92. The molecule has 2 aromatic carbocycles. The van der Waals surface area contributed by atoms with Gasteiger partial charge in [0.1, 0.15) is 6.23 Å². The van der Waals surface area contributed by atoms with E-state index in [1.165, 1.54) is 0 Å². The van der Waals surface area contributed by atoms with E-state index in [0.29, 0.717) is 36.2 Å². The molecular formula is C22H21F6N3O2. The molecule has 1 atom stereocenters. The van der Waals surface area contributed by atoms with Crippen molar-refractivity contribution >= 4 is 18.1 Å². The third kappa shape index (κ3) is 4.47. The number of anilines is 1. The maximum absolute atomic E-state index is 13.1. The molecule has 0 radical (unpaired) electrons. The van der Waals surface area contributed by atoms with Gasteiger partial charge in [0.25, 0.3) is 5.60 Å². The smallest absolute Gasteiger partial charge is 0.374 e. The second-order valence-electron chi connectivity index (χ2n) is 7.80. The van der Waals surface area contributed by atoms with Gasteiger partial charge in [-0.2, -0.15) is 26.3 Å². The first kappa shape index (κ1) is 24.7. The van der Waals surface area contributed by atoms with E-state index in [-0.39, 0.29) is 6.54 Å². The highest BCUT2D eigenvalue weighted by molar-refractivity contribution is 5.87. The van der Waals surface area contributed by atoms with Gasteiger partial charge in [0.2, 0.25) is 0 Å². The van der Waals surface area contributed by atoms with Gasteiger partial charge >= 0.3 is 12.4 Å².